The minimum absolute atomic E-state index is 0.344. The second-order valence-corrected chi connectivity index (χ2v) is 2.68. The van der Waals surface area contributed by atoms with Crippen LogP contribution < -0.4 is 0 Å². The molecule has 1 saturated carbocycles. The fraction of sp³-hybridized carbons (Fsp3) is 0.857. The number of ketones is 1. The van der Waals surface area contributed by atoms with E-state index in [-0.39, 0.29) is 0 Å². The predicted molar refractivity (Wildman–Crippen MR) is 32.6 cm³/mol. The number of rotatable bonds is 3. The van der Waals surface area contributed by atoms with Gasteiger partial charge in [0, 0.05) is 6.42 Å². The molecule has 0 N–H and O–H groups in total. The van der Waals surface area contributed by atoms with Gasteiger partial charge < -0.3 is 4.79 Å². The first-order chi connectivity index (χ1) is 3.79. The van der Waals surface area contributed by atoms with Crippen LogP contribution in [0.4, 0.5) is 0 Å². The fourth-order valence-corrected chi connectivity index (χ4v) is 0.814. The van der Waals surface area contributed by atoms with Gasteiger partial charge in [0.05, 0.1) is 0 Å². The molecule has 0 amide bonds. The third-order valence-corrected chi connectivity index (χ3v) is 1.60. The molecule has 1 nitrogen and oxygen atoms in total. The fourth-order valence-electron chi connectivity index (χ4n) is 0.814. The molecule has 0 heterocycles. The average molecular weight is 112 g/mol. The third-order valence-electron chi connectivity index (χ3n) is 1.60. The Balaban J connectivity index is 1.95. The van der Waals surface area contributed by atoms with Crippen molar-refractivity contribution in [3.05, 3.63) is 0 Å². The molecule has 0 atom stereocenters. The molecule has 1 fully saturated rings. The lowest BCUT2D eigenvalue weighted by atomic mass is 10.2. The Morgan fingerprint density at radius 2 is 2.25 bits per heavy atom. The Morgan fingerprint density at radius 1 is 1.62 bits per heavy atom. The van der Waals surface area contributed by atoms with Crippen molar-refractivity contribution in [2.24, 2.45) is 5.92 Å². The first-order valence-electron chi connectivity index (χ1n) is 3.28. The van der Waals surface area contributed by atoms with Crippen molar-refractivity contribution >= 4 is 5.78 Å². The summed E-state index contributed by atoms with van der Waals surface area (Å²) in [5, 5.41) is 0. The Labute approximate surface area is 50.1 Å². The largest absolute Gasteiger partial charge is 0.300 e. The van der Waals surface area contributed by atoms with Crippen molar-refractivity contribution in [3.63, 3.8) is 0 Å². The molecule has 0 aromatic rings. The number of hydrogen-bond acceptors (Lipinski definition) is 1. The maximum atomic E-state index is 10.4. The van der Waals surface area contributed by atoms with E-state index in [4.69, 9.17) is 0 Å². The van der Waals surface area contributed by atoms with Gasteiger partial charge in [-0.05, 0) is 19.3 Å². The SMILES string of the molecule is CC(=O)CCC1CC1. The van der Waals surface area contributed by atoms with Gasteiger partial charge in [-0.15, -0.1) is 0 Å². The van der Waals surface area contributed by atoms with Gasteiger partial charge in [0.2, 0.25) is 0 Å². The van der Waals surface area contributed by atoms with Crippen LogP contribution in [0.1, 0.15) is 32.6 Å². The van der Waals surface area contributed by atoms with Crippen LogP contribution in [0.15, 0.2) is 0 Å². The van der Waals surface area contributed by atoms with E-state index in [1.165, 1.54) is 12.8 Å². The minimum Gasteiger partial charge on any atom is -0.300 e. The number of carbonyl (C=O) groups is 1. The molecule has 46 valence electrons. The molecule has 0 aromatic heterocycles. The lowest BCUT2D eigenvalue weighted by Gasteiger charge is -1.89. The van der Waals surface area contributed by atoms with E-state index >= 15 is 0 Å². The molecule has 1 aliphatic rings. The summed E-state index contributed by atoms with van der Waals surface area (Å²) >= 11 is 0. The molecular weight excluding hydrogens is 100 g/mol. The number of Topliss-reactive ketones (excluding diaryl/α,β-unsaturated/α-hetero) is 1. The monoisotopic (exact) mass is 112 g/mol. The highest BCUT2D eigenvalue weighted by Crippen LogP contribution is 2.33. The van der Waals surface area contributed by atoms with E-state index < -0.39 is 0 Å². The van der Waals surface area contributed by atoms with Crippen LogP contribution in [-0.4, -0.2) is 5.78 Å². The van der Waals surface area contributed by atoms with Crippen LogP contribution in [0.3, 0.4) is 0 Å². The summed E-state index contributed by atoms with van der Waals surface area (Å²) < 4.78 is 0. The minimum atomic E-state index is 0.344. The van der Waals surface area contributed by atoms with Crippen molar-refractivity contribution in [1.29, 1.82) is 0 Å². The molecule has 1 rings (SSSR count). The molecule has 1 aliphatic carbocycles. The first-order valence-corrected chi connectivity index (χ1v) is 3.28. The van der Waals surface area contributed by atoms with Gasteiger partial charge in [-0.2, -0.15) is 0 Å². The second kappa shape index (κ2) is 2.29. The molecule has 0 bridgehead atoms. The lowest BCUT2D eigenvalue weighted by Crippen LogP contribution is -1.89. The Hall–Kier alpha value is -0.330. The van der Waals surface area contributed by atoms with Crippen molar-refractivity contribution in [3.8, 4) is 0 Å². The molecule has 0 radical (unpaired) electrons. The quantitative estimate of drug-likeness (QED) is 0.543. The van der Waals surface area contributed by atoms with Crippen molar-refractivity contribution in [2.75, 3.05) is 0 Å². The first kappa shape index (κ1) is 5.80. The van der Waals surface area contributed by atoms with E-state index in [0.717, 1.165) is 18.8 Å². The second-order valence-electron chi connectivity index (χ2n) is 2.68. The highest BCUT2D eigenvalue weighted by atomic mass is 16.1. The molecule has 0 aromatic carbocycles. The van der Waals surface area contributed by atoms with Gasteiger partial charge in [-0.3, -0.25) is 0 Å². The summed E-state index contributed by atoms with van der Waals surface area (Å²) in [7, 11) is 0. The maximum Gasteiger partial charge on any atom is 0.129 e. The summed E-state index contributed by atoms with van der Waals surface area (Å²) in [5.74, 6) is 1.26. The highest BCUT2D eigenvalue weighted by molar-refractivity contribution is 5.75. The van der Waals surface area contributed by atoms with E-state index in [1.807, 2.05) is 0 Å². The maximum absolute atomic E-state index is 10.4. The lowest BCUT2D eigenvalue weighted by molar-refractivity contribution is -0.117. The van der Waals surface area contributed by atoms with E-state index in [0.29, 0.717) is 5.78 Å². The van der Waals surface area contributed by atoms with Crippen LogP contribution in [0.2, 0.25) is 0 Å². The zero-order valence-corrected chi connectivity index (χ0v) is 5.31. The van der Waals surface area contributed by atoms with Crippen LogP contribution >= 0.6 is 0 Å². The molecule has 0 unspecified atom stereocenters. The van der Waals surface area contributed by atoms with Gasteiger partial charge in [0.15, 0.2) is 0 Å². The molecular formula is C7H12O. The van der Waals surface area contributed by atoms with Crippen LogP contribution in [0, 0.1) is 5.92 Å². The Bertz CT molecular complexity index is 92.6. The zero-order chi connectivity index (χ0) is 5.98. The van der Waals surface area contributed by atoms with Crippen LogP contribution in [0.25, 0.3) is 0 Å². The van der Waals surface area contributed by atoms with E-state index in [1.54, 1.807) is 6.92 Å². The normalized spacial score (nSPS) is 18.6. The van der Waals surface area contributed by atoms with E-state index in [2.05, 4.69) is 0 Å². The summed E-state index contributed by atoms with van der Waals surface area (Å²) in [6.07, 6.45) is 4.70. The Kier molecular flexibility index (Phi) is 1.66. The average Bonchev–Trinajstić information content (AvgIpc) is 2.41. The van der Waals surface area contributed by atoms with Crippen LogP contribution in [0.5, 0.6) is 0 Å². The number of carbonyl (C=O) groups excluding carboxylic acids is 1. The molecule has 8 heavy (non-hydrogen) atoms. The highest BCUT2D eigenvalue weighted by Gasteiger charge is 2.20. The summed E-state index contributed by atoms with van der Waals surface area (Å²) in [6.45, 7) is 1.67. The molecule has 0 spiro atoms. The van der Waals surface area contributed by atoms with Gasteiger partial charge in [0.25, 0.3) is 0 Å². The zero-order valence-electron chi connectivity index (χ0n) is 5.31. The van der Waals surface area contributed by atoms with Gasteiger partial charge in [-0.25, -0.2) is 0 Å². The van der Waals surface area contributed by atoms with Crippen molar-refractivity contribution in [2.45, 2.75) is 32.6 Å². The van der Waals surface area contributed by atoms with Gasteiger partial charge >= 0.3 is 0 Å². The third kappa shape index (κ3) is 2.10. The predicted octanol–water partition coefficient (Wildman–Crippen LogP) is 1.77. The standard InChI is InChI=1S/C7H12O/c1-6(8)2-3-7-4-5-7/h7H,2-5H2,1H3. The van der Waals surface area contributed by atoms with E-state index in [9.17, 15) is 4.79 Å². The Morgan fingerprint density at radius 3 is 2.62 bits per heavy atom. The summed E-state index contributed by atoms with van der Waals surface area (Å²) in [4.78, 5) is 10.4. The molecule has 0 aliphatic heterocycles. The topological polar surface area (TPSA) is 17.1 Å². The molecule has 1 heteroatoms. The summed E-state index contributed by atoms with van der Waals surface area (Å²) in [6, 6.07) is 0. The molecule has 0 saturated heterocycles. The number of hydrogen-bond donors (Lipinski definition) is 0. The van der Waals surface area contributed by atoms with Crippen LogP contribution in [-0.2, 0) is 4.79 Å². The van der Waals surface area contributed by atoms with Gasteiger partial charge in [-0.1, -0.05) is 12.8 Å². The summed E-state index contributed by atoms with van der Waals surface area (Å²) in [5.41, 5.74) is 0. The van der Waals surface area contributed by atoms with Gasteiger partial charge in [0.1, 0.15) is 5.78 Å². The van der Waals surface area contributed by atoms with Crippen molar-refractivity contribution in [1.82, 2.24) is 0 Å². The van der Waals surface area contributed by atoms with Crippen molar-refractivity contribution < 1.29 is 4.79 Å². The smallest absolute Gasteiger partial charge is 0.129 e.